The normalized spacial score (nSPS) is 13.6. The van der Waals surface area contributed by atoms with Crippen LogP contribution in [0.5, 0.6) is 0 Å². The van der Waals surface area contributed by atoms with Crippen LogP contribution in [0.15, 0.2) is 42.5 Å². The van der Waals surface area contributed by atoms with Gasteiger partial charge in [-0.2, -0.15) is 5.26 Å². The molecule has 1 unspecified atom stereocenters. The molecule has 1 N–H and O–H groups in total. The van der Waals surface area contributed by atoms with Crippen molar-refractivity contribution in [1.82, 2.24) is 0 Å². The summed E-state index contributed by atoms with van der Waals surface area (Å²) in [7, 11) is 0. The number of hydrogen-bond donors (Lipinski definition) is 1. The highest BCUT2D eigenvalue weighted by atomic mass is 16.3. The van der Waals surface area contributed by atoms with Gasteiger partial charge in [-0.25, -0.2) is 0 Å². The van der Waals surface area contributed by atoms with Gasteiger partial charge in [-0.05, 0) is 55.2 Å². The first-order valence-electron chi connectivity index (χ1n) is 6.71. The van der Waals surface area contributed by atoms with Crippen LogP contribution in [0.1, 0.15) is 34.7 Å². The zero-order valence-electron chi connectivity index (χ0n) is 12.1. The van der Waals surface area contributed by atoms with E-state index in [9.17, 15) is 5.11 Å². The number of aryl methyl sites for hydroxylation is 2. The highest BCUT2D eigenvalue weighted by Crippen LogP contribution is 2.26. The number of nitriles is 1. The number of benzene rings is 2. The van der Waals surface area contributed by atoms with Crippen molar-refractivity contribution in [1.29, 1.82) is 5.26 Å². The van der Waals surface area contributed by atoms with Gasteiger partial charge in [-0.1, -0.05) is 30.3 Å². The highest BCUT2D eigenvalue weighted by Gasteiger charge is 2.23. The Morgan fingerprint density at radius 1 is 1.05 bits per heavy atom. The van der Waals surface area contributed by atoms with Crippen molar-refractivity contribution in [2.24, 2.45) is 0 Å². The standard InChI is InChI=1S/C18H19NO/c1-13-4-5-16(10-14(13)2)11-18(3,20)17-8-6-15(12-19)7-9-17/h4-10,20H,11H2,1-3H3. The van der Waals surface area contributed by atoms with Crippen LogP contribution in [-0.4, -0.2) is 5.11 Å². The van der Waals surface area contributed by atoms with Gasteiger partial charge in [-0.15, -0.1) is 0 Å². The van der Waals surface area contributed by atoms with E-state index in [-0.39, 0.29) is 0 Å². The summed E-state index contributed by atoms with van der Waals surface area (Å²) in [5, 5.41) is 19.5. The quantitative estimate of drug-likeness (QED) is 0.921. The van der Waals surface area contributed by atoms with Crippen LogP contribution in [0, 0.1) is 25.2 Å². The Hall–Kier alpha value is -2.11. The van der Waals surface area contributed by atoms with Gasteiger partial charge < -0.3 is 5.11 Å². The molecule has 0 heterocycles. The molecule has 0 aliphatic heterocycles. The molecule has 2 heteroatoms. The van der Waals surface area contributed by atoms with Crippen molar-refractivity contribution in [2.75, 3.05) is 0 Å². The van der Waals surface area contributed by atoms with Crippen LogP contribution in [0.25, 0.3) is 0 Å². The Morgan fingerprint density at radius 3 is 2.25 bits per heavy atom. The van der Waals surface area contributed by atoms with E-state index in [0.717, 1.165) is 11.1 Å². The van der Waals surface area contributed by atoms with Crippen molar-refractivity contribution < 1.29 is 5.11 Å². The van der Waals surface area contributed by atoms with Crippen LogP contribution >= 0.6 is 0 Å². The first kappa shape index (κ1) is 14.3. The fraction of sp³-hybridized carbons (Fsp3) is 0.278. The van der Waals surface area contributed by atoms with Gasteiger partial charge in [-0.3, -0.25) is 0 Å². The van der Waals surface area contributed by atoms with E-state index in [1.807, 2.05) is 19.1 Å². The van der Waals surface area contributed by atoms with Crippen molar-refractivity contribution in [3.8, 4) is 6.07 Å². The lowest BCUT2D eigenvalue weighted by atomic mass is 9.88. The summed E-state index contributed by atoms with van der Waals surface area (Å²) in [5.74, 6) is 0. The Bertz CT molecular complexity index is 648. The lowest BCUT2D eigenvalue weighted by Gasteiger charge is -2.24. The molecule has 2 aromatic carbocycles. The summed E-state index contributed by atoms with van der Waals surface area (Å²) >= 11 is 0. The minimum absolute atomic E-state index is 0.556. The molecule has 0 radical (unpaired) electrons. The smallest absolute Gasteiger partial charge is 0.0991 e. The summed E-state index contributed by atoms with van der Waals surface area (Å²) in [5.41, 5.74) is 4.10. The van der Waals surface area contributed by atoms with E-state index in [0.29, 0.717) is 12.0 Å². The fourth-order valence-corrected chi connectivity index (χ4v) is 2.32. The first-order valence-corrected chi connectivity index (χ1v) is 6.71. The zero-order valence-corrected chi connectivity index (χ0v) is 12.1. The molecular formula is C18H19NO. The van der Waals surface area contributed by atoms with Gasteiger partial charge in [0.05, 0.1) is 17.2 Å². The molecule has 0 aromatic heterocycles. The number of rotatable bonds is 3. The number of hydrogen-bond acceptors (Lipinski definition) is 2. The third-order valence-corrected chi connectivity index (χ3v) is 3.76. The summed E-state index contributed by atoms with van der Waals surface area (Å²) in [6.45, 7) is 5.97. The average Bonchev–Trinajstić information content (AvgIpc) is 2.43. The molecule has 0 fully saturated rings. The molecule has 2 nitrogen and oxygen atoms in total. The second-order valence-electron chi connectivity index (χ2n) is 5.56. The first-order chi connectivity index (χ1) is 9.42. The van der Waals surface area contributed by atoms with Crippen molar-refractivity contribution in [3.63, 3.8) is 0 Å². The number of aliphatic hydroxyl groups is 1. The Labute approximate surface area is 120 Å². The summed E-state index contributed by atoms with van der Waals surface area (Å²) in [4.78, 5) is 0. The van der Waals surface area contributed by atoms with Crippen molar-refractivity contribution >= 4 is 0 Å². The monoisotopic (exact) mass is 265 g/mol. The van der Waals surface area contributed by atoms with E-state index in [1.165, 1.54) is 11.1 Å². The molecule has 0 spiro atoms. The predicted molar refractivity (Wildman–Crippen MR) is 80.3 cm³/mol. The molecule has 0 saturated heterocycles. The van der Waals surface area contributed by atoms with Gasteiger partial charge in [0.15, 0.2) is 0 Å². The fourth-order valence-electron chi connectivity index (χ4n) is 2.32. The molecular weight excluding hydrogens is 246 g/mol. The predicted octanol–water partition coefficient (Wildman–Crippen LogP) is 3.63. The van der Waals surface area contributed by atoms with E-state index in [1.54, 1.807) is 12.1 Å². The maximum absolute atomic E-state index is 10.7. The van der Waals surface area contributed by atoms with E-state index >= 15 is 0 Å². The molecule has 0 saturated carbocycles. The van der Waals surface area contributed by atoms with Crippen LogP contribution < -0.4 is 0 Å². The van der Waals surface area contributed by atoms with Gasteiger partial charge >= 0.3 is 0 Å². The van der Waals surface area contributed by atoms with Gasteiger partial charge in [0, 0.05) is 6.42 Å². The maximum atomic E-state index is 10.7. The summed E-state index contributed by atoms with van der Waals surface area (Å²) in [6.07, 6.45) is 0.556. The van der Waals surface area contributed by atoms with E-state index in [2.05, 4.69) is 38.1 Å². The zero-order chi connectivity index (χ0) is 14.8. The maximum Gasteiger partial charge on any atom is 0.0991 e. The molecule has 2 rings (SSSR count). The SMILES string of the molecule is Cc1ccc(CC(C)(O)c2ccc(C#N)cc2)cc1C. The molecule has 0 aliphatic rings. The molecule has 0 amide bonds. The molecule has 1 atom stereocenters. The van der Waals surface area contributed by atoms with Gasteiger partial charge in [0.1, 0.15) is 0 Å². The Balaban J connectivity index is 2.25. The van der Waals surface area contributed by atoms with E-state index < -0.39 is 5.60 Å². The molecule has 20 heavy (non-hydrogen) atoms. The van der Waals surface area contributed by atoms with Crippen molar-refractivity contribution in [3.05, 3.63) is 70.3 Å². The second kappa shape index (κ2) is 5.48. The Kier molecular flexibility index (Phi) is 3.92. The van der Waals surface area contributed by atoms with Crippen LogP contribution in [0.4, 0.5) is 0 Å². The second-order valence-corrected chi connectivity index (χ2v) is 5.56. The number of nitrogens with zero attached hydrogens (tertiary/aromatic N) is 1. The van der Waals surface area contributed by atoms with Gasteiger partial charge in [0.25, 0.3) is 0 Å². The van der Waals surface area contributed by atoms with Crippen LogP contribution in [-0.2, 0) is 12.0 Å². The summed E-state index contributed by atoms with van der Waals surface area (Å²) in [6, 6.07) is 15.5. The average molecular weight is 265 g/mol. The van der Waals surface area contributed by atoms with Crippen LogP contribution in [0.3, 0.4) is 0 Å². The topological polar surface area (TPSA) is 44.0 Å². The van der Waals surface area contributed by atoms with Crippen LogP contribution in [0.2, 0.25) is 0 Å². The van der Waals surface area contributed by atoms with E-state index in [4.69, 9.17) is 5.26 Å². The molecule has 0 aliphatic carbocycles. The molecule has 102 valence electrons. The molecule has 0 bridgehead atoms. The minimum atomic E-state index is -0.935. The third-order valence-electron chi connectivity index (χ3n) is 3.76. The van der Waals surface area contributed by atoms with Crippen molar-refractivity contribution in [2.45, 2.75) is 32.8 Å². The molecule has 2 aromatic rings. The van der Waals surface area contributed by atoms with Gasteiger partial charge in [0.2, 0.25) is 0 Å². The minimum Gasteiger partial charge on any atom is -0.385 e. The Morgan fingerprint density at radius 2 is 1.70 bits per heavy atom. The summed E-state index contributed by atoms with van der Waals surface area (Å²) < 4.78 is 0. The third kappa shape index (κ3) is 3.07. The largest absolute Gasteiger partial charge is 0.385 e. The lowest BCUT2D eigenvalue weighted by Crippen LogP contribution is -2.24. The lowest BCUT2D eigenvalue weighted by molar-refractivity contribution is 0.0576. The highest BCUT2D eigenvalue weighted by molar-refractivity contribution is 5.36.